The lowest BCUT2D eigenvalue weighted by molar-refractivity contribution is 1.42. The normalized spacial score (nSPS) is 11.2. The van der Waals surface area contributed by atoms with E-state index in [1.807, 2.05) is 54.7 Å². The number of nitrogens with one attached hydrogen (secondary N) is 2. The molecule has 4 nitrogen and oxygen atoms in total. The number of H-pyrrole nitrogens is 2. The maximum Gasteiger partial charge on any atom is 0.141 e. The summed E-state index contributed by atoms with van der Waals surface area (Å²) < 4.78 is 0. The fraction of sp³-hybridized carbons (Fsp3) is 0. The van der Waals surface area contributed by atoms with Crippen molar-refractivity contribution in [2.24, 2.45) is 5.18 Å². The second kappa shape index (κ2) is 4.06. The molecule has 4 heteroatoms. The molecule has 4 aromatic rings. The first-order chi connectivity index (χ1) is 9.88. The largest absolute Gasteiger partial charge is 0.360 e. The summed E-state index contributed by atoms with van der Waals surface area (Å²) >= 11 is 0. The van der Waals surface area contributed by atoms with Gasteiger partial charge in [-0.3, -0.25) is 0 Å². The van der Waals surface area contributed by atoms with Gasteiger partial charge in [0.05, 0.1) is 5.69 Å². The second-order valence-electron chi connectivity index (χ2n) is 4.73. The van der Waals surface area contributed by atoms with E-state index in [4.69, 9.17) is 0 Å². The third kappa shape index (κ3) is 1.42. The molecule has 0 saturated carbocycles. The Bertz CT molecular complexity index is 933. The number of para-hydroxylation sites is 2. The Morgan fingerprint density at radius 2 is 1.55 bits per heavy atom. The molecule has 0 radical (unpaired) electrons. The van der Waals surface area contributed by atoms with E-state index in [2.05, 4.69) is 15.1 Å². The second-order valence-corrected chi connectivity index (χ2v) is 4.73. The van der Waals surface area contributed by atoms with E-state index in [-0.39, 0.29) is 0 Å². The molecule has 2 N–H and O–H groups in total. The first kappa shape index (κ1) is 11.0. The van der Waals surface area contributed by atoms with Crippen LogP contribution in [0.5, 0.6) is 0 Å². The number of fused-ring (bicyclic) bond motifs is 2. The Morgan fingerprint density at radius 1 is 0.850 bits per heavy atom. The fourth-order valence-electron chi connectivity index (χ4n) is 2.70. The first-order valence-electron chi connectivity index (χ1n) is 6.39. The lowest BCUT2D eigenvalue weighted by Crippen LogP contribution is -1.75. The Labute approximate surface area is 114 Å². The number of hydrogen-bond donors (Lipinski definition) is 2. The van der Waals surface area contributed by atoms with E-state index in [9.17, 15) is 4.91 Å². The maximum absolute atomic E-state index is 11.3. The van der Waals surface area contributed by atoms with Crippen molar-refractivity contribution in [3.63, 3.8) is 0 Å². The molecule has 20 heavy (non-hydrogen) atoms. The van der Waals surface area contributed by atoms with Crippen molar-refractivity contribution in [3.8, 4) is 11.3 Å². The highest BCUT2D eigenvalue weighted by molar-refractivity contribution is 6.05. The zero-order chi connectivity index (χ0) is 13.5. The van der Waals surface area contributed by atoms with Gasteiger partial charge < -0.3 is 9.97 Å². The minimum absolute atomic E-state index is 0.463. The molecule has 2 aromatic carbocycles. The molecule has 0 amide bonds. The quantitative estimate of drug-likeness (QED) is 0.504. The predicted molar refractivity (Wildman–Crippen MR) is 81.0 cm³/mol. The van der Waals surface area contributed by atoms with Gasteiger partial charge in [-0.1, -0.05) is 36.4 Å². The third-order valence-corrected chi connectivity index (χ3v) is 3.63. The van der Waals surface area contributed by atoms with Crippen molar-refractivity contribution in [1.29, 1.82) is 0 Å². The molecular formula is C16H11N3O. The summed E-state index contributed by atoms with van der Waals surface area (Å²) in [5, 5.41) is 5.15. The molecule has 4 rings (SSSR count). The number of benzene rings is 2. The van der Waals surface area contributed by atoms with Gasteiger partial charge in [0.2, 0.25) is 0 Å². The highest BCUT2D eigenvalue weighted by Gasteiger charge is 2.16. The van der Waals surface area contributed by atoms with Crippen molar-refractivity contribution in [2.75, 3.05) is 0 Å². The molecule has 0 saturated heterocycles. The SMILES string of the molecule is O=Nc1c(-c2c[nH]c3ccccc23)[nH]c2ccccc12. The number of aromatic amines is 2. The molecule has 0 aliphatic heterocycles. The fourth-order valence-corrected chi connectivity index (χ4v) is 2.70. The van der Waals surface area contributed by atoms with Crippen LogP contribution in [0.15, 0.2) is 59.9 Å². The molecular weight excluding hydrogens is 250 g/mol. The predicted octanol–water partition coefficient (Wildman–Crippen LogP) is 4.71. The van der Waals surface area contributed by atoms with Crippen LogP contribution in [0.4, 0.5) is 5.69 Å². The van der Waals surface area contributed by atoms with Crippen LogP contribution in [0.1, 0.15) is 0 Å². The van der Waals surface area contributed by atoms with Crippen molar-refractivity contribution in [3.05, 3.63) is 59.6 Å². The van der Waals surface area contributed by atoms with E-state index in [0.29, 0.717) is 5.69 Å². The first-order valence-corrected chi connectivity index (χ1v) is 6.39. The van der Waals surface area contributed by atoms with E-state index >= 15 is 0 Å². The monoisotopic (exact) mass is 261 g/mol. The molecule has 0 aliphatic carbocycles. The van der Waals surface area contributed by atoms with Gasteiger partial charge in [0, 0.05) is 33.6 Å². The van der Waals surface area contributed by atoms with E-state index in [1.165, 1.54) is 0 Å². The molecule has 2 heterocycles. The van der Waals surface area contributed by atoms with Crippen LogP contribution in [0.2, 0.25) is 0 Å². The van der Waals surface area contributed by atoms with Crippen molar-refractivity contribution in [2.45, 2.75) is 0 Å². The van der Waals surface area contributed by atoms with Gasteiger partial charge in [0.15, 0.2) is 0 Å². The van der Waals surface area contributed by atoms with Gasteiger partial charge in [-0.2, -0.15) is 0 Å². The minimum Gasteiger partial charge on any atom is -0.360 e. The zero-order valence-electron chi connectivity index (χ0n) is 10.6. The average Bonchev–Trinajstić information content (AvgIpc) is 3.07. The van der Waals surface area contributed by atoms with Gasteiger partial charge in [0.25, 0.3) is 0 Å². The van der Waals surface area contributed by atoms with Crippen LogP contribution in [0.3, 0.4) is 0 Å². The minimum atomic E-state index is 0.463. The summed E-state index contributed by atoms with van der Waals surface area (Å²) in [4.78, 5) is 17.8. The molecule has 2 aromatic heterocycles. The number of aromatic nitrogens is 2. The standard InChI is InChI=1S/C16H11N3O/c20-19-16-11-6-2-4-8-14(11)18-15(16)12-9-17-13-7-3-1-5-10(12)13/h1-9,17-18H. The Kier molecular flexibility index (Phi) is 2.23. The summed E-state index contributed by atoms with van der Waals surface area (Å²) in [5.41, 5.74) is 4.15. The van der Waals surface area contributed by atoms with Crippen LogP contribution in [-0.4, -0.2) is 9.97 Å². The number of rotatable bonds is 2. The van der Waals surface area contributed by atoms with Gasteiger partial charge >= 0.3 is 0 Å². The number of nitrogens with zero attached hydrogens (tertiary/aromatic N) is 1. The molecule has 0 fully saturated rings. The lowest BCUT2D eigenvalue weighted by atomic mass is 10.1. The molecule has 0 atom stereocenters. The molecule has 0 spiro atoms. The molecule has 0 bridgehead atoms. The number of hydrogen-bond acceptors (Lipinski definition) is 2. The third-order valence-electron chi connectivity index (χ3n) is 3.63. The molecule has 96 valence electrons. The van der Waals surface area contributed by atoms with Crippen LogP contribution in [-0.2, 0) is 0 Å². The molecule has 0 unspecified atom stereocenters. The summed E-state index contributed by atoms with van der Waals surface area (Å²) in [6.45, 7) is 0. The van der Waals surface area contributed by atoms with Crippen LogP contribution >= 0.6 is 0 Å². The van der Waals surface area contributed by atoms with Gasteiger partial charge in [-0.05, 0) is 17.3 Å². The highest BCUT2D eigenvalue weighted by Crippen LogP contribution is 2.39. The van der Waals surface area contributed by atoms with E-state index < -0.39 is 0 Å². The van der Waals surface area contributed by atoms with Gasteiger partial charge in [-0.25, -0.2) is 0 Å². The molecule has 0 aliphatic rings. The maximum atomic E-state index is 11.3. The van der Waals surface area contributed by atoms with Crippen molar-refractivity contribution < 1.29 is 0 Å². The number of nitroso groups, excluding NO2 is 1. The Morgan fingerprint density at radius 3 is 2.35 bits per heavy atom. The van der Waals surface area contributed by atoms with Crippen LogP contribution < -0.4 is 0 Å². The van der Waals surface area contributed by atoms with E-state index in [0.717, 1.165) is 33.1 Å². The van der Waals surface area contributed by atoms with Gasteiger partial charge in [-0.15, -0.1) is 4.91 Å². The average molecular weight is 261 g/mol. The Hall–Kier alpha value is -2.88. The van der Waals surface area contributed by atoms with Crippen LogP contribution in [0, 0.1) is 4.91 Å². The summed E-state index contributed by atoms with van der Waals surface area (Å²) in [5.74, 6) is 0. The summed E-state index contributed by atoms with van der Waals surface area (Å²) in [6, 6.07) is 15.7. The van der Waals surface area contributed by atoms with Crippen molar-refractivity contribution >= 4 is 27.5 Å². The highest BCUT2D eigenvalue weighted by atomic mass is 16.3. The zero-order valence-corrected chi connectivity index (χ0v) is 10.6. The van der Waals surface area contributed by atoms with Gasteiger partial charge in [0.1, 0.15) is 5.69 Å². The summed E-state index contributed by atoms with van der Waals surface area (Å²) in [6.07, 6.45) is 1.91. The van der Waals surface area contributed by atoms with Crippen molar-refractivity contribution in [1.82, 2.24) is 9.97 Å². The lowest BCUT2D eigenvalue weighted by Gasteiger charge is -1.96. The summed E-state index contributed by atoms with van der Waals surface area (Å²) in [7, 11) is 0. The van der Waals surface area contributed by atoms with Crippen LogP contribution in [0.25, 0.3) is 33.1 Å². The Balaban J connectivity index is 2.09. The smallest absolute Gasteiger partial charge is 0.141 e. The van der Waals surface area contributed by atoms with E-state index in [1.54, 1.807) is 0 Å². The topological polar surface area (TPSA) is 61.0 Å².